The summed E-state index contributed by atoms with van der Waals surface area (Å²) in [7, 11) is 0. The van der Waals surface area contributed by atoms with Crippen molar-refractivity contribution in [2.45, 2.75) is 6.54 Å². The van der Waals surface area contributed by atoms with Gasteiger partial charge in [0.25, 0.3) is 0 Å². The molecule has 0 aliphatic heterocycles. The topological polar surface area (TPSA) is 129 Å². The van der Waals surface area contributed by atoms with E-state index in [4.69, 9.17) is 11.5 Å². The molecule has 0 aliphatic rings. The fourth-order valence-corrected chi connectivity index (χ4v) is 2.67. The highest BCUT2D eigenvalue weighted by molar-refractivity contribution is 5.89. The summed E-state index contributed by atoms with van der Waals surface area (Å²) in [5, 5.41) is 14.8. The van der Waals surface area contributed by atoms with Crippen LogP contribution in [0.5, 0.6) is 5.75 Å². The number of benzene rings is 1. The monoisotopic (exact) mass is 351 g/mol. The van der Waals surface area contributed by atoms with Crippen LogP contribution in [0, 0.1) is 5.82 Å². The summed E-state index contributed by atoms with van der Waals surface area (Å²) in [6, 6.07) is 9.99. The van der Waals surface area contributed by atoms with Gasteiger partial charge in [-0.05, 0) is 18.2 Å². The van der Waals surface area contributed by atoms with E-state index in [0.717, 1.165) is 0 Å². The number of halogens is 1. The van der Waals surface area contributed by atoms with Crippen LogP contribution in [0.25, 0.3) is 22.6 Å². The summed E-state index contributed by atoms with van der Waals surface area (Å²) in [5.74, 6) is -0.838. The average Bonchev–Trinajstić information content (AvgIpc) is 3.00. The highest BCUT2D eigenvalue weighted by Crippen LogP contribution is 2.30. The summed E-state index contributed by atoms with van der Waals surface area (Å²) in [5.41, 5.74) is 12.7. The molecule has 0 fully saturated rings. The van der Waals surface area contributed by atoms with Gasteiger partial charge in [0.15, 0.2) is 23.1 Å². The highest BCUT2D eigenvalue weighted by atomic mass is 19.1. The molecule has 1 aromatic carbocycles. The van der Waals surface area contributed by atoms with Gasteiger partial charge in [0.05, 0.1) is 11.9 Å². The molecule has 0 atom stereocenters. The molecule has 0 bridgehead atoms. The van der Waals surface area contributed by atoms with Gasteiger partial charge in [0.2, 0.25) is 5.75 Å². The van der Waals surface area contributed by atoms with Crippen molar-refractivity contribution in [2.24, 2.45) is 0 Å². The van der Waals surface area contributed by atoms with Crippen molar-refractivity contribution in [2.75, 3.05) is 11.5 Å². The average molecular weight is 351 g/mol. The number of aromatic hydroxyl groups is 1. The van der Waals surface area contributed by atoms with Crippen LogP contribution in [0.2, 0.25) is 0 Å². The van der Waals surface area contributed by atoms with Crippen molar-refractivity contribution in [3.63, 3.8) is 0 Å². The smallest absolute Gasteiger partial charge is 0.201 e. The zero-order valence-electron chi connectivity index (χ0n) is 13.5. The van der Waals surface area contributed by atoms with Crippen LogP contribution in [0.15, 0.2) is 42.6 Å². The van der Waals surface area contributed by atoms with Crippen LogP contribution < -0.4 is 11.5 Å². The van der Waals surface area contributed by atoms with Crippen molar-refractivity contribution in [1.82, 2.24) is 24.7 Å². The molecule has 4 aromatic rings. The third-order valence-electron chi connectivity index (χ3n) is 3.93. The lowest BCUT2D eigenvalue weighted by atomic mass is 10.2. The van der Waals surface area contributed by atoms with Crippen LogP contribution in [0.4, 0.5) is 16.0 Å². The van der Waals surface area contributed by atoms with Gasteiger partial charge < -0.3 is 16.6 Å². The third kappa shape index (κ3) is 2.55. The molecular formula is C17H14FN7O. The van der Waals surface area contributed by atoms with Crippen LogP contribution in [-0.4, -0.2) is 29.8 Å². The zero-order valence-corrected chi connectivity index (χ0v) is 13.5. The summed E-state index contributed by atoms with van der Waals surface area (Å²) < 4.78 is 15.6. The molecule has 0 aliphatic carbocycles. The predicted molar refractivity (Wildman–Crippen MR) is 94.5 cm³/mol. The number of aromatic nitrogens is 5. The van der Waals surface area contributed by atoms with Crippen LogP contribution >= 0.6 is 0 Å². The molecule has 9 heteroatoms. The normalized spacial score (nSPS) is 11.1. The summed E-state index contributed by atoms with van der Waals surface area (Å²) in [6.07, 6.45) is 1.62. The molecule has 4 rings (SSSR count). The van der Waals surface area contributed by atoms with E-state index < -0.39 is 0 Å². The molecule has 3 aromatic heterocycles. The lowest BCUT2D eigenvalue weighted by Gasteiger charge is -2.04. The van der Waals surface area contributed by atoms with E-state index in [0.29, 0.717) is 22.3 Å². The van der Waals surface area contributed by atoms with E-state index in [-0.39, 0.29) is 35.6 Å². The van der Waals surface area contributed by atoms with E-state index in [1.165, 1.54) is 6.07 Å². The van der Waals surface area contributed by atoms with Gasteiger partial charge in [-0.1, -0.05) is 18.2 Å². The maximum absolute atomic E-state index is 14.0. The Morgan fingerprint density at radius 2 is 1.77 bits per heavy atom. The van der Waals surface area contributed by atoms with Crippen LogP contribution in [0.3, 0.4) is 0 Å². The molecule has 0 saturated carbocycles. The van der Waals surface area contributed by atoms with E-state index >= 15 is 0 Å². The standard InChI is InChI=1S/C17H14FN7O/c18-11-6-2-1-4-9(11)8-25-17-10(5-3-7-21-17)12(24-25)16-22-14(19)13(26)15(20)23-16/h1-7,26H,8H2,(H4,19,20,22,23). The number of anilines is 2. The fraction of sp³-hybridized carbons (Fsp3) is 0.0588. The molecule has 0 radical (unpaired) electrons. The maximum atomic E-state index is 14.0. The Morgan fingerprint density at radius 1 is 1.04 bits per heavy atom. The van der Waals surface area contributed by atoms with Gasteiger partial charge in [0.1, 0.15) is 11.5 Å². The summed E-state index contributed by atoms with van der Waals surface area (Å²) >= 11 is 0. The minimum absolute atomic E-state index is 0.145. The number of fused-ring (bicyclic) bond motifs is 1. The second kappa shape index (κ2) is 5.96. The molecule has 0 unspecified atom stereocenters. The zero-order chi connectivity index (χ0) is 18.3. The molecule has 8 nitrogen and oxygen atoms in total. The molecule has 0 spiro atoms. The highest BCUT2D eigenvalue weighted by Gasteiger charge is 2.19. The van der Waals surface area contributed by atoms with Crippen molar-refractivity contribution >= 4 is 22.7 Å². The molecule has 130 valence electrons. The SMILES string of the molecule is Nc1nc(-c2nn(Cc3ccccc3F)c3ncccc23)nc(N)c1O. The maximum Gasteiger partial charge on any atom is 0.201 e. The quantitative estimate of drug-likeness (QED) is 0.514. The first-order valence-electron chi connectivity index (χ1n) is 7.72. The first-order chi connectivity index (χ1) is 12.5. The predicted octanol–water partition coefficient (Wildman–Crippen LogP) is 1.95. The minimum atomic E-state index is -0.373. The van der Waals surface area contributed by atoms with E-state index in [1.54, 1.807) is 41.2 Å². The third-order valence-corrected chi connectivity index (χ3v) is 3.93. The van der Waals surface area contributed by atoms with Crippen molar-refractivity contribution < 1.29 is 9.50 Å². The van der Waals surface area contributed by atoms with Gasteiger partial charge >= 0.3 is 0 Å². The summed E-state index contributed by atoms with van der Waals surface area (Å²) in [4.78, 5) is 12.4. The van der Waals surface area contributed by atoms with Gasteiger partial charge in [-0.3, -0.25) is 0 Å². The molecule has 5 N–H and O–H groups in total. The minimum Gasteiger partial charge on any atom is -0.502 e. The van der Waals surface area contributed by atoms with Crippen molar-refractivity contribution in [1.29, 1.82) is 0 Å². The second-order valence-corrected chi connectivity index (χ2v) is 5.64. The lowest BCUT2D eigenvalue weighted by Crippen LogP contribution is -2.05. The molecule has 0 amide bonds. The largest absolute Gasteiger partial charge is 0.502 e. The number of nitrogens with two attached hydrogens (primary N) is 2. The Kier molecular flexibility index (Phi) is 3.61. The number of rotatable bonds is 3. The van der Waals surface area contributed by atoms with Gasteiger partial charge in [-0.2, -0.15) is 5.10 Å². The molecule has 3 heterocycles. The fourth-order valence-electron chi connectivity index (χ4n) is 2.67. The number of hydrogen-bond donors (Lipinski definition) is 3. The number of hydrogen-bond acceptors (Lipinski definition) is 7. The Morgan fingerprint density at radius 3 is 2.50 bits per heavy atom. The van der Waals surface area contributed by atoms with Gasteiger partial charge in [0, 0.05) is 11.8 Å². The number of pyridine rings is 1. The number of nitrogen functional groups attached to an aromatic ring is 2. The van der Waals surface area contributed by atoms with Crippen molar-refractivity contribution in [3.05, 3.63) is 54.0 Å². The van der Waals surface area contributed by atoms with Gasteiger partial charge in [-0.25, -0.2) is 24.0 Å². The van der Waals surface area contributed by atoms with E-state index in [1.807, 2.05) is 0 Å². The van der Waals surface area contributed by atoms with E-state index in [9.17, 15) is 9.50 Å². The summed E-state index contributed by atoms with van der Waals surface area (Å²) in [6.45, 7) is 0.184. The lowest BCUT2D eigenvalue weighted by molar-refractivity contribution is 0.476. The second-order valence-electron chi connectivity index (χ2n) is 5.64. The molecule has 0 saturated heterocycles. The first-order valence-corrected chi connectivity index (χ1v) is 7.72. The van der Waals surface area contributed by atoms with Crippen molar-refractivity contribution in [3.8, 4) is 17.3 Å². The number of nitrogens with zero attached hydrogens (tertiary/aromatic N) is 5. The molecular weight excluding hydrogens is 337 g/mol. The Hall–Kier alpha value is -3.75. The Labute approximate surface area is 146 Å². The Balaban J connectivity index is 1.89. The van der Waals surface area contributed by atoms with E-state index in [2.05, 4.69) is 20.1 Å². The first kappa shape index (κ1) is 15.8. The van der Waals surface area contributed by atoms with Crippen LogP contribution in [0.1, 0.15) is 5.56 Å². The van der Waals surface area contributed by atoms with Crippen LogP contribution in [-0.2, 0) is 6.54 Å². The molecule has 26 heavy (non-hydrogen) atoms. The Bertz CT molecular complexity index is 1100. The van der Waals surface area contributed by atoms with Gasteiger partial charge in [-0.15, -0.1) is 0 Å².